The van der Waals surface area contributed by atoms with Crippen LogP contribution in [-0.4, -0.2) is 41.9 Å². The van der Waals surface area contributed by atoms with Crippen LogP contribution in [0.25, 0.3) is 0 Å². The van der Waals surface area contributed by atoms with Crippen LogP contribution in [0.4, 0.5) is 0 Å². The Morgan fingerprint density at radius 3 is 2.50 bits per heavy atom. The van der Waals surface area contributed by atoms with Crippen LogP contribution in [-0.2, 0) is 9.59 Å². The molecule has 1 fully saturated rings. The highest BCUT2D eigenvalue weighted by atomic mass is 35.5. The van der Waals surface area contributed by atoms with Crippen molar-refractivity contribution in [2.24, 2.45) is 11.1 Å². The van der Waals surface area contributed by atoms with Crippen molar-refractivity contribution in [3.63, 3.8) is 0 Å². The van der Waals surface area contributed by atoms with Crippen molar-refractivity contribution in [3.8, 4) is 0 Å². The summed E-state index contributed by atoms with van der Waals surface area (Å²) in [6.07, 6.45) is 4.38. The zero-order valence-electron chi connectivity index (χ0n) is 14.4. The lowest BCUT2D eigenvalue weighted by Crippen LogP contribution is -2.51. The van der Waals surface area contributed by atoms with E-state index in [1.807, 2.05) is 32.6 Å². The second-order valence-electron chi connectivity index (χ2n) is 7.12. The fourth-order valence-electron chi connectivity index (χ4n) is 2.66. The lowest BCUT2D eigenvalue weighted by molar-refractivity contribution is -0.135. The van der Waals surface area contributed by atoms with Crippen LogP contribution >= 0.6 is 12.4 Å². The number of amides is 2. The first-order chi connectivity index (χ1) is 9.73. The summed E-state index contributed by atoms with van der Waals surface area (Å²) in [6, 6.07) is 0.199. The van der Waals surface area contributed by atoms with Crippen molar-refractivity contribution in [2.75, 3.05) is 13.1 Å². The molecule has 0 aromatic carbocycles. The molecule has 0 aromatic rings. The molecule has 1 aliphatic heterocycles. The van der Waals surface area contributed by atoms with Gasteiger partial charge in [-0.15, -0.1) is 12.4 Å². The van der Waals surface area contributed by atoms with Crippen LogP contribution in [0.2, 0.25) is 0 Å². The van der Waals surface area contributed by atoms with Crippen LogP contribution in [0.1, 0.15) is 59.8 Å². The lowest BCUT2D eigenvalue weighted by Gasteiger charge is -2.38. The summed E-state index contributed by atoms with van der Waals surface area (Å²) in [6.45, 7) is 9.00. The van der Waals surface area contributed by atoms with Gasteiger partial charge in [-0.3, -0.25) is 9.59 Å². The number of likely N-dealkylation sites (tertiary alicyclic amines) is 1. The van der Waals surface area contributed by atoms with Gasteiger partial charge in [0.25, 0.3) is 0 Å². The number of nitrogens with two attached hydrogens (primary N) is 1. The maximum absolute atomic E-state index is 12.3. The van der Waals surface area contributed by atoms with E-state index in [9.17, 15) is 9.59 Å². The standard InChI is InChI=1S/C16H31N3O2.ClH/c1-12(17)13-8-5-6-11-19(13)14(20)9-7-10-18-15(21)16(2,3)4;/h12-13H,5-11,17H2,1-4H3,(H,18,21);1H. The van der Waals surface area contributed by atoms with Gasteiger partial charge < -0.3 is 16.0 Å². The van der Waals surface area contributed by atoms with Crippen molar-refractivity contribution in [2.45, 2.75) is 71.9 Å². The number of hydrogen-bond donors (Lipinski definition) is 2. The molecule has 3 N–H and O–H groups in total. The molecule has 0 bridgehead atoms. The minimum atomic E-state index is -0.378. The van der Waals surface area contributed by atoms with E-state index in [1.165, 1.54) is 0 Å². The monoisotopic (exact) mass is 333 g/mol. The predicted octanol–water partition coefficient (Wildman–Crippen LogP) is 2.08. The Kier molecular flexibility index (Phi) is 9.01. The van der Waals surface area contributed by atoms with Crippen LogP contribution in [0.3, 0.4) is 0 Å². The molecule has 22 heavy (non-hydrogen) atoms. The van der Waals surface area contributed by atoms with Crippen LogP contribution < -0.4 is 11.1 Å². The Bertz CT molecular complexity index is 367. The first-order valence-corrected chi connectivity index (χ1v) is 8.07. The van der Waals surface area contributed by atoms with Gasteiger partial charge in [0.15, 0.2) is 0 Å². The molecule has 1 saturated heterocycles. The molecule has 2 atom stereocenters. The summed E-state index contributed by atoms with van der Waals surface area (Å²) in [5, 5.41) is 2.88. The maximum Gasteiger partial charge on any atom is 0.225 e. The van der Waals surface area contributed by atoms with E-state index in [1.54, 1.807) is 0 Å². The van der Waals surface area contributed by atoms with Crippen molar-refractivity contribution >= 4 is 24.2 Å². The molecular formula is C16H32ClN3O2. The fourth-order valence-corrected chi connectivity index (χ4v) is 2.66. The summed E-state index contributed by atoms with van der Waals surface area (Å²) in [4.78, 5) is 26.0. The third kappa shape index (κ3) is 6.53. The number of nitrogens with zero attached hydrogens (tertiary/aromatic N) is 1. The van der Waals surface area contributed by atoms with Gasteiger partial charge in [0, 0.05) is 37.0 Å². The Balaban J connectivity index is 0.00000441. The Morgan fingerprint density at radius 2 is 1.95 bits per heavy atom. The summed E-state index contributed by atoms with van der Waals surface area (Å²) >= 11 is 0. The molecule has 0 aromatic heterocycles. The number of rotatable bonds is 5. The zero-order valence-corrected chi connectivity index (χ0v) is 15.2. The molecule has 1 aliphatic rings. The molecule has 0 radical (unpaired) electrons. The van der Waals surface area contributed by atoms with E-state index in [-0.39, 0.29) is 41.7 Å². The first-order valence-electron chi connectivity index (χ1n) is 8.07. The molecule has 0 saturated carbocycles. The molecule has 0 spiro atoms. The third-order valence-corrected chi connectivity index (χ3v) is 4.01. The molecular weight excluding hydrogens is 302 g/mol. The van der Waals surface area contributed by atoms with Crippen molar-refractivity contribution in [1.82, 2.24) is 10.2 Å². The third-order valence-electron chi connectivity index (χ3n) is 4.01. The Morgan fingerprint density at radius 1 is 1.32 bits per heavy atom. The van der Waals surface area contributed by atoms with Crippen LogP contribution in [0.15, 0.2) is 0 Å². The lowest BCUT2D eigenvalue weighted by atomic mass is 9.95. The number of carbonyl (C=O) groups excluding carboxylic acids is 2. The van der Waals surface area contributed by atoms with E-state index in [4.69, 9.17) is 5.73 Å². The van der Waals surface area contributed by atoms with Gasteiger partial charge in [-0.05, 0) is 32.6 Å². The number of nitrogens with one attached hydrogen (secondary N) is 1. The maximum atomic E-state index is 12.3. The van der Waals surface area contributed by atoms with Gasteiger partial charge in [-0.1, -0.05) is 20.8 Å². The number of hydrogen-bond acceptors (Lipinski definition) is 3. The van der Waals surface area contributed by atoms with Crippen molar-refractivity contribution in [1.29, 1.82) is 0 Å². The topological polar surface area (TPSA) is 75.4 Å². The normalized spacial score (nSPS) is 20.0. The van der Waals surface area contributed by atoms with E-state index < -0.39 is 0 Å². The number of carbonyl (C=O) groups is 2. The number of piperidine rings is 1. The summed E-state index contributed by atoms with van der Waals surface area (Å²) < 4.78 is 0. The molecule has 1 rings (SSSR count). The average Bonchev–Trinajstić information content (AvgIpc) is 2.41. The highest BCUT2D eigenvalue weighted by Gasteiger charge is 2.28. The van der Waals surface area contributed by atoms with Crippen LogP contribution in [0, 0.1) is 5.41 Å². The number of halogens is 1. The SMILES string of the molecule is CC(N)C1CCCCN1C(=O)CCCNC(=O)C(C)(C)C.Cl. The molecule has 2 unspecified atom stereocenters. The zero-order chi connectivity index (χ0) is 16.0. The highest BCUT2D eigenvalue weighted by molar-refractivity contribution is 5.85. The minimum Gasteiger partial charge on any atom is -0.356 e. The molecule has 6 heteroatoms. The summed E-state index contributed by atoms with van der Waals surface area (Å²) in [5.74, 6) is 0.198. The Labute approximate surface area is 140 Å². The molecule has 1 heterocycles. The van der Waals surface area contributed by atoms with E-state index in [0.29, 0.717) is 19.4 Å². The second-order valence-corrected chi connectivity index (χ2v) is 7.12. The van der Waals surface area contributed by atoms with Gasteiger partial charge in [0.2, 0.25) is 11.8 Å². The van der Waals surface area contributed by atoms with Gasteiger partial charge >= 0.3 is 0 Å². The smallest absolute Gasteiger partial charge is 0.225 e. The van der Waals surface area contributed by atoms with Gasteiger partial charge in [0.1, 0.15) is 0 Å². The molecule has 0 aliphatic carbocycles. The van der Waals surface area contributed by atoms with Gasteiger partial charge in [-0.2, -0.15) is 0 Å². The second kappa shape index (κ2) is 9.36. The highest BCUT2D eigenvalue weighted by Crippen LogP contribution is 2.20. The quantitative estimate of drug-likeness (QED) is 0.756. The molecule has 5 nitrogen and oxygen atoms in total. The van der Waals surface area contributed by atoms with E-state index >= 15 is 0 Å². The predicted molar refractivity (Wildman–Crippen MR) is 91.9 cm³/mol. The minimum absolute atomic E-state index is 0. The first kappa shape index (κ1) is 21.2. The Hall–Kier alpha value is -0.810. The molecule has 2 amide bonds. The van der Waals surface area contributed by atoms with Crippen molar-refractivity contribution in [3.05, 3.63) is 0 Å². The summed E-state index contributed by atoms with van der Waals surface area (Å²) in [7, 11) is 0. The summed E-state index contributed by atoms with van der Waals surface area (Å²) in [5.41, 5.74) is 5.61. The fraction of sp³-hybridized carbons (Fsp3) is 0.875. The molecule has 130 valence electrons. The average molecular weight is 334 g/mol. The van der Waals surface area contributed by atoms with Crippen LogP contribution in [0.5, 0.6) is 0 Å². The van der Waals surface area contributed by atoms with Gasteiger partial charge in [-0.25, -0.2) is 0 Å². The van der Waals surface area contributed by atoms with Gasteiger partial charge in [0.05, 0.1) is 0 Å². The largest absolute Gasteiger partial charge is 0.356 e. The van der Waals surface area contributed by atoms with E-state index in [0.717, 1.165) is 25.8 Å². The van der Waals surface area contributed by atoms with Crippen molar-refractivity contribution < 1.29 is 9.59 Å². The van der Waals surface area contributed by atoms with E-state index in [2.05, 4.69) is 5.32 Å².